The molecule has 0 aliphatic rings. The fourth-order valence-electron chi connectivity index (χ4n) is 3.02. The third kappa shape index (κ3) is 3.90. The van der Waals surface area contributed by atoms with Crippen LogP contribution in [0.5, 0.6) is 0 Å². The largest absolute Gasteiger partial charge is 0.468 e. The number of hydrogen-bond acceptors (Lipinski definition) is 6. The van der Waals surface area contributed by atoms with Crippen LogP contribution in [0.3, 0.4) is 0 Å². The van der Waals surface area contributed by atoms with Crippen molar-refractivity contribution in [2.45, 2.75) is 11.8 Å². The van der Waals surface area contributed by atoms with Crippen LogP contribution in [0.15, 0.2) is 65.6 Å². The first kappa shape index (κ1) is 20.3. The van der Waals surface area contributed by atoms with Crippen LogP contribution in [0.1, 0.15) is 5.56 Å². The quantitative estimate of drug-likeness (QED) is 0.347. The maximum Gasteiger partial charge on any atom is 0.326 e. The summed E-state index contributed by atoms with van der Waals surface area (Å²) in [6.07, 6.45) is 0. The molecule has 0 unspecified atom stereocenters. The molecule has 0 fully saturated rings. The third-order valence-corrected chi connectivity index (χ3v) is 6.31. The van der Waals surface area contributed by atoms with Crippen LogP contribution in [0, 0.1) is 17.0 Å². The second-order valence-electron chi connectivity index (χ2n) is 6.28. The van der Waals surface area contributed by atoms with Gasteiger partial charge >= 0.3 is 5.97 Å². The van der Waals surface area contributed by atoms with Crippen LogP contribution in [-0.4, -0.2) is 33.0 Å². The van der Waals surface area contributed by atoms with Gasteiger partial charge in [-0.15, -0.1) is 0 Å². The Hall–Kier alpha value is -3.46. The van der Waals surface area contributed by atoms with Gasteiger partial charge in [0.25, 0.3) is 15.7 Å². The van der Waals surface area contributed by atoms with Crippen LogP contribution >= 0.6 is 0 Å². The number of hydrogen-bond donors (Lipinski definition) is 0. The average molecular weight is 414 g/mol. The second kappa shape index (κ2) is 7.88. The molecule has 29 heavy (non-hydrogen) atoms. The molecule has 3 rings (SSSR count). The van der Waals surface area contributed by atoms with Gasteiger partial charge in [0.05, 0.1) is 28.2 Å². The van der Waals surface area contributed by atoms with Gasteiger partial charge in [0.2, 0.25) is 0 Å². The van der Waals surface area contributed by atoms with Crippen molar-refractivity contribution in [3.8, 4) is 0 Å². The van der Waals surface area contributed by atoms with Gasteiger partial charge in [0.15, 0.2) is 0 Å². The molecule has 0 amide bonds. The Labute approximate surface area is 167 Å². The number of fused-ring (bicyclic) bond motifs is 1. The molecule has 3 aromatic carbocycles. The number of benzene rings is 3. The van der Waals surface area contributed by atoms with E-state index in [1.54, 1.807) is 18.2 Å². The molecule has 0 saturated heterocycles. The Bertz CT molecular complexity index is 1210. The lowest BCUT2D eigenvalue weighted by atomic mass is 10.1. The summed E-state index contributed by atoms with van der Waals surface area (Å²) in [5, 5.41) is 12.9. The molecule has 8 nitrogen and oxygen atoms in total. The Balaban J connectivity index is 2.19. The van der Waals surface area contributed by atoms with E-state index < -0.39 is 27.5 Å². The Morgan fingerprint density at radius 3 is 2.41 bits per heavy atom. The number of nitro groups is 1. The van der Waals surface area contributed by atoms with Crippen molar-refractivity contribution in [3.05, 3.63) is 76.3 Å². The molecule has 150 valence electrons. The van der Waals surface area contributed by atoms with Gasteiger partial charge in [-0.05, 0) is 35.9 Å². The maximum absolute atomic E-state index is 13.4. The van der Waals surface area contributed by atoms with E-state index in [4.69, 9.17) is 0 Å². The summed E-state index contributed by atoms with van der Waals surface area (Å²) in [4.78, 5) is 22.6. The fraction of sp³-hybridized carbons (Fsp3) is 0.150. The Kier molecular flexibility index (Phi) is 5.51. The molecule has 0 atom stereocenters. The van der Waals surface area contributed by atoms with Gasteiger partial charge in [-0.3, -0.25) is 19.2 Å². The van der Waals surface area contributed by atoms with Crippen LogP contribution in [-0.2, 0) is 19.6 Å². The summed E-state index contributed by atoms with van der Waals surface area (Å²) in [6.45, 7) is 0.821. The van der Waals surface area contributed by atoms with Gasteiger partial charge in [-0.25, -0.2) is 8.42 Å². The van der Waals surface area contributed by atoms with Crippen molar-refractivity contribution in [2.24, 2.45) is 0 Å². The summed E-state index contributed by atoms with van der Waals surface area (Å²) in [5.41, 5.74) is -0.0744. The monoisotopic (exact) mass is 414 g/mol. The summed E-state index contributed by atoms with van der Waals surface area (Å²) < 4.78 is 32.3. The lowest BCUT2D eigenvalue weighted by molar-refractivity contribution is -0.385. The molecule has 0 saturated carbocycles. The first-order chi connectivity index (χ1) is 13.8. The molecule has 0 aliphatic heterocycles. The van der Waals surface area contributed by atoms with Crippen molar-refractivity contribution in [1.82, 2.24) is 0 Å². The molecule has 0 N–H and O–H groups in total. The average Bonchev–Trinajstić information content (AvgIpc) is 2.71. The van der Waals surface area contributed by atoms with E-state index in [-0.39, 0.29) is 21.8 Å². The number of sulfonamides is 1. The van der Waals surface area contributed by atoms with Crippen LogP contribution < -0.4 is 4.31 Å². The molecule has 9 heteroatoms. The molecule has 0 radical (unpaired) electrons. The summed E-state index contributed by atoms with van der Waals surface area (Å²) in [5.74, 6) is -0.791. The highest BCUT2D eigenvalue weighted by atomic mass is 32.2. The van der Waals surface area contributed by atoms with Crippen molar-refractivity contribution < 1.29 is 22.9 Å². The van der Waals surface area contributed by atoms with Gasteiger partial charge in [0, 0.05) is 6.07 Å². The molecular formula is C20H18N2O6S. The topological polar surface area (TPSA) is 107 Å². The standard InChI is InChI=1S/C20H18N2O6S/c1-14-18(8-5-9-19(14)22(24)25)21(13-20(23)28-2)29(26,27)17-11-10-15-6-3-4-7-16(15)12-17/h3-12H,13H2,1-2H3. The number of carbonyl (C=O) groups is 1. The Morgan fingerprint density at radius 2 is 1.76 bits per heavy atom. The normalized spacial score (nSPS) is 11.2. The van der Waals surface area contributed by atoms with Crippen molar-refractivity contribution >= 4 is 38.1 Å². The molecule has 0 heterocycles. The number of rotatable bonds is 6. The number of anilines is 1. The van der Waals surface area contributed by atoms with E-state index in [1.807, 2.05) is 12.1 Å². The summed E-state index contributed by atoms with van der Waals surface area (Å²) in [6, 6.07) is 15.9. The van der Waals surface area contributed by atoms with Crippen LogP contribution in [0.2, 0.25) is 0 Å². The van der Waals surface area contributed by atoms with Gasteiger partial charge in [-0.1, -0.05) is 36.4 Å². The predicted molar refractivity (Wildman–Crippen MR) is 108 cm³/mol. The van der Waals surface area contributed by atoms with E-state index in [2.05, 4.69) is 4.74 Å². The van der Waals surface area contributed by atoms with Crippen molar-refractivity contribution in [2.75, 3.05) is 18.0 Å². The molecule has 3 aromatic rings. The number of ether oxygens (including phenoxy) is 1. The highest BCUT2D eigenvalue weighted by molar-refractivity contribution is 7.92. The zero-order chi connectivity index (χ0) is 21.2. The molecule has 0 spiro atoms. The van der Waals surface area contributed by atoms with Crippen molar-refractivity contribution in [1.29, 1.82) is 0 Å². The first-order valence-corrected chi connectivity index (χ1v) is 10.0. The number of carbonyl (C=O) groups excluding carboxylic acids is 1. The number of esters is 1. The van der Waals surface area contributed by atoms with Crippen molar-refractivity contribution in [3.63, 3.8) is 0 Å². The lowest BCUT2D eigenvalue weighted by Gasteiger charge is -2.25. The van der Waals surface area contributed by atoms with E-state index in [0.717, 1.165) is 16.8 Å². The second-order valence-corrected chi connectivity index (χ2v) is 8.14. The van der Waals surface area contributed by atoms with E-state index >= 15 is 0 Å². The molecule has 0 aliphatic carbocycles. The number of methoxy groups -OCH3 is 1. The first-order valence-electron chi connectivity index (χ1n) is 8.58. The highest BCUT2D eigenvalue weighted by Gasteiger charge is 2.30. The maximum atomic E-state index is 13.4. The molecule has 0 aromatic heterocycles. The van der Waals surface area contributed by atoms with Gasteiger partial charge in [-0.2, -0.15) is 0 Å². The van der Waals surface area contributed by atoms with Crippen LogP contribution in [0.25, 0.3) is 10.8 Å². The van der Waals surface area contributed by atoms with E-state index in [1.165, 1.54) is 37.3 Å². The Morgan fingerprint density at radius 1 is 1.07 bits per heavy atom. The molecule has 0 bridgehead atoms. The van der Waals surface area contributed by atoms with E-state index in [0.29, 0.717) is 5.39 Å². The number of nitrogens with zero attached hydrogens (tertiary/aromatic N) is 2. The lowest BCUT2D eigenvalue weighted by Crippen LogP contribution is -2.36. The van der Waals surface area contributed by atoms with E-state index in [9.17, 15) is 23.3 Å². The van der Waals surface area contributed by atoms with Gasteiger partial charge in [0.1, 0.15) is 6.54 Å². The molecular weight excluding hydrogens is 396 g/mol. The smallest absolute Gasteiger partial charge is 0.326 e. The zero-order valence-corrected chi connectivity index (χ0v) is 16.5. The zero-order valence-electron chi connectivity index (χ0n) is 15.7. The third-order valence-electron chi connectivity index (χ3n) is 4.55. The highest BCUT2D eigenvalue weighted by Crippen LogP contribution is 2.32. The van der Waals surface area contributed by atoms with Gasteiger partial charge < -0.3 is 4.74 Å². The van der Waals surface area contributed by atoms with Crippen LogP contribution in [0.4, 0.5) is 11.4 Å². The summed E-state index contributed by atoms with van der Waals surface area (Å²) >= 11 is 0. The minimum atomic E-state index is -4.21. The summed E-state index contributed by atoms with van der Waals surface area (Å²) in [7, 11) is -3.06. The fourth-order valence-corrected chi connectivity index (χ4v) is 4.52. The minimum Gasteiger partial charge on any atom is -0.468 e. The SMILES string of the molecule is COC(=O)CN(c1cccc([N+](=O)[O-])c1C)S(=O)(=O)c1ccc2ccccc2c1. The predicted octanol–water partition coefficient (Wildman–Crippen LogP) is 3.42. The number of nitro benzene ring substituents is 1. The minimum absolute atomic E-state index is 0.0361.